The minimum Gasteiger partial charge on any atom is -0.463 e. The number of pyridine rings is 1. The third-order valence-corrected chi connectivity index (χ3v) is 4.41. The molecule has 3 heterocycles. The van der Waals surface area contributed by atoms with Crippen LogP contribution in [-0.4, -0.2) is 34.8 Å². The largest absolute Gasteiger partial charge is 0.463 e. The van der Waals surface area contributed by atoms with E-state index < -0.39 is 0 Å². The molecule has 0 radical (unpaired) electrons. The van der Waals surface area contributed by atoms with Gasteiger partial charge in [-0.2, -0.15) is 0 Å². The molecule has 126 valence electrons. The average molecular weight is 327 g/mol. The lowest BCUT2D eigenvalue weighted by molar-refractivity contribution is -0.134. The molecule has 2 aromatic rings. The van der Waals surface area contributed by atoms with E-state index in [0.29, 0.717) is 38.2 Å². The Bertz CT molecular complexity index is 704. The molecule has 1 saturated heterocycles. The first-order valence-electron chi connectivity index (χ1n) is 8.16. The van der Waals surface area contributed by atoms with E-state index >= 15 is 0 Å². The van der Waals surface area contributed by atoms with Crippen LogP contribution in [0.4, 0.5) is 0 Å². The molecule has 0 bridgehead atoms. The van der Waals surface area contributed by atoms with Crippen molar-refractivity contribution in [2.75, 3.05) is 13.1 Å². The van der Waals surface area contributed by atoms with Crippen LogP contribution in [0.3, 0.4) is 0 Å². The molecule has 0 atom stereocenters. The van der Waals surface area contributed by atoms with Crippen molar-refractivity contribution in [1.29, 1.82) is 0 Å². The number of rotatable bonds is 4. The van der Waals surface area contributed by atoms with Crippen LogP contribution in [0, 0.1) is 5.92 Å². The maximum absolute atomic E-state index is 12.4. The third kappa shape index (κ3) is 3.64. The number of nitrogens with one attached hydrogen (secondary N) is 1. The van der Waals surface area contributed by atoms with E-state index in [0.717, 1.165) is 11.3 Å². The van der Waals surface area contributed by atoms with Crippen molar-refractivity contribution in [2.24, 2.45) is 5.92 Å². The monoisotopic (exact) mass is 327 g/mol. The predicted molar refractivity (Wildman–Crippen MR) is 88.8 cm³/mol. The maximum atomic E-state index is 12.4. The number of likely N-dealkylation sites (tertiary alicyclic amines) is 1. The summed E-state index contributed by atoms with van der Waals surface area (Å²) in [5, 5.41) is 2.99. The van der Waals surface area contributed by atoms with Crippen LogP contribution in [0.5, 0.6) is 0 Å². The van der Waals surface area contributed by atoms with E-state index in [1.807, 2.05) is 24.3 Å². The number of amides is 2. The van der Waals surface area contributed by atoms with Crippen LogP contribution in [0.15, 0.2) is 41.1 Å². The van der Waals surface area contributed by atoms with Gasteiger partial charge in [0.05, 0.1) is 6.26 Å². The molecule has 1 fully saturated rings. The lowest BCUT2D eigenvalue weighted by Gasteiger charge is -2.30. The van der Waals surface area contributed by atoms with E-state index in [-0.39, 0.29) is 17.7 Å². The Balaban J connectivity index is 1.59. The minimum atomic E-state index is -0.0377. The Kier molecular flexibility index (Phi) is 4.93. The van der Waals surface area contributed by atoms with Crippen LogP contribution in [0.2, 0.25) is 0 Å². The second-order valence-corrected chi connectivity index (χ2v) is 5.99. The topological polar surface area (TPSA) is 75.4 Å². The molecule has 1 aliphatic rings. The Hall–Kier alpha value is -2.63. The fourth-order valence-electron chi connectivity index (χ4n) is 3.00. The summed E-state index contributed by atoms with van der Waals surface area (Å²) in [7, 11) is 0. The molecule has 6 nitrogen and oxygen atoms in total. The summed E-state index contributed by atoms with van der Waals surface area (Å²) < 4.78 is 5.40. The first kappa shape index (κ1) is 16.2. The molecule has 6 heteroatoms. The zero-order chi connectivity index (χ0) is 16.9. The van der Waals surface area contributed by atoms with Crippen LogP contribution in [-0.2, 0) is 16.1 Å². The first-order valence-corrected chi connectivity index (χ1v) is 8.16. The zero-order valence-corrected chi connectivity index (χ0v) is 13.7. The van der Waals surface area contributed by atoms with Gasteiger partial charge in [-0.15, -0.1) is 0 Å². The summed E-state index contributed by atoms with van der Waals surface area (Å²) in [6, 6.07) is 7.45. The van der Waals surface area contributed by atoms with Crippen molar-refractivity contribution >= 4 is 11.8 Å². The molecule has 1 N–H and O–H groups in total. The van der Waals surface area contributed by atoms with Crippen LogP contribution in [0.1, 0.15) is 25.3 Å². The lowest BCUT2D eigenvalue weighted by atomic mass is 9.96. The fourth-order valence-corrected chi connectivity index (χ4v) is 3.00. The number of carbonyl (C=O) groups excluding carboxylic acids is 2. The predicted octanol–water partition coefficient (Wildman–Crippen LogP) is 2.22. The Morgan fingerprint density at radius 2 is 2.08 bits per heavy atom. The molecule has 1 aliphatic heterocycles. The highest BCUT2D eigenvalue weighted by Crippen LogP contribution is 2.22. The minimum absolute atomic E-state index is 0.0347. The van der Waals surface area contributed by atoms with Gasteiger partial charge >= 0.3 is 0 Å². The normalized spacial score (nSPS) is 15.3. The van der Waals surface area contributed by atoms with Crippen molar-refractivity contribution in [3.63, 3.8) is 0 Å². The molecule has 24 heavy (non-hydrogen) atoms. The van der Waals surface area contributed by atoms with Crippen molar-refractivity contribution in [3.8, 4) is 11.5 Å². The fraction of sp³-hybridized carbons (Fsp3) is 0.389. The van der Waals surface area contributed by atoms with E-state index in [1.54, 1.807) is 24.3 Å². The number of carbonyl (C=O) groups is 2. The van der Waals surface area contributed by atoms with Gasteiger partial charge in [0.1, 0.15) is 5.69 Å². The molecule has 2 amide bonds. The lowest BCUT2D eigenvalue weighted by Crippen LogP contribution is -2.42. The van der Waals surface area contributed by atoms with E-state index in [4.69, 9.17) is 4.42 Å². The SMILES string of the molecule is CC(=O)N1CCC(C(=O)NCc2cccnc2-c2ccco2)CC1. The summed E-state index contributed by atoms with van der Waals surface area (Å²) in [6.45, 7) is 3.28. The highest BCUT2D eigenvalue weighted by molar-refractivity contribution is 5.79. The van der Waals surface area contributed by atoms with Crippen molar-refractivity contribution in [1.82, 2.24) is 15.2 Å². The smallest absolute Gasteiger partial charge is 0.223 e. The summed E-state index contributed by atoms with van der Waals surface area (Å²) in [5.41, 5.74) is 1.66. The highest BCUT2D eigenvalue weighted by atomic mass is 16.3. The Morgan fingerprint density at radius 3 is 2.75 bits per heavy atom. The van der Waals surface area contributed by atoms with E-state index in [1.165, 1.54) is 0 Å². The van der Waals surface area contributed by atoms with Gasteiger partial charge < -0.3 is 14.6 Å². The van der Waals surface area contributed by atoms with Crippen LogP contribution in [0.25, 0.3) is 11.5 Å². The van der Waals surface area contributed by atoms with Crippen molar-refractivity contribution in [2.45, 2.75) is 26.3 Å². The van der Waals surface area contributed by atoms with Crippen LogP contribution < -0.4 is 5.32 Å². The summed E-state index contributed by atoms with van der Waals surface area (Å²) in [6.07, 6.45) is 4.74. The molecule has 0 saturated carbocycles. The summed E-state index contributed by atoms with van der Waals surface area (Å²) >= 11 is 0. The maximum Gasteiger partial charge on any atom is 0.223 e. The third-order valence-electron chi connectivity index (χ3n) is 4.41. The van der Waals surface area contributed by atoms with Gasteiger partial charge in [0, 0.05) is 44.2 Å². The Morgan fingerprint density at radius 1 is 1.29 bits per heavy atom. The molecule has 2 aromatic heterocycles. The Labute approximate surface area is 140 Å². The number of hydrogen-bond donors (Lipinski definition) is 1. The zero-order valence-electron chi connectivity index (χ0n) is 13.7. The van der Waals surface area contributed by atoms with E-state index in [2.05, 4.69) is 10.3 Å². The molecule has 3 rings (SSSR count). The number of nitrogens with zero attached hydrogens (tertiary/aromatic N) is 2. The molecule has 0 aromatic carbocycles. The van der Waals surface area contributed by atoms with Gasteiger partial charge in [0.2, 0.25) is 11.8 Å². The van der Waals surface area contributed by atoms with Gasteiger partial charge in [0.15, 0.2) is 5.76 Å². The highest BCUT2D eigenvalue weighted by Gasteiger charge is 2.26. The molecular weight excluding hydrogens is 306 g/mol. The van der Waals surface area contributed by atoms with Gasteiger partial charge in [-0.25, -0.2) is 0 Å². The number of furan rings is 1. The summed E-state index contributed by atoms with van der Waals surface area (Å²) in [5.74, 6) is 0.763. The molecule has 0 unspecified atom stereocenters. The second-order valence-electron chi connectivity index (χ2n) is 5.99. The average Bonchev–Trinajstić information content (AvgIpc) is 3.14. The van der Waals surface area contributed by atoms with Crippen LogP contribution >= 0.6 is 0 Å². The van der Waals surface area contributed by atoms with Gasteiger partial charge in [-0.05, 0) is 31.0 Å². The standard InChI is InChI=1S/C18H21N3O3/c1-13(22)21-9-6-14(7-10-21)18(23)20-12-15-4-2-8-19-17(15)16-5-3-11-24-16/h2-5,8,11,14H,6-7,9-10,12H2,1H3,(H,20,23). The van der Waals surface area contributed by atoms with E-state index in [9.17, 15) is 9.59 Å². The second kappa shape index (κ2) is 7.29. The van der Waals surface area contributed by atoms with Gasteiger partial charge in [-0.1, -0.05) is 6.07 Å². The molecule has 0 spiro atoms. The van der Waals surface area contributed by atoms with Gasteiger partial charge in [0.25, 0.3) is 0 Å². The quantitative estimate of drug-likeness (QED) is 0.934. The van der Waals surface area contributed by atoms with Gasteiger partial charge in [-0.3, -0.25) is 14.6 Å². The van der Waals surface area contributed by atoms with Crippen molar-refractivity contribution < 1.29 is 14.0 Å². The first-order chi connectivity index (χ1) is 11.6. The number of hydrogen-bond acceptors (Lipinski definition) is 4. The van der Waals surface area contributed by atoms with Crippen molar-refractivity contribution in [3.05, 3.63) is 42.3 Å². The number of piperidine rings is 1. The number of aromatic nitrogens is 1. The summed E-state index contributed by atoms with van der Waals surface area (Å²) in [4.78, 5) is 29.9. The molecule has 0 aliphatic carbocycles. The molecular formula is C18H21N3O3.